The first kappa shape index (κ1) is 15.1. The predicted molar refractivity (Wildman–Crippen MR) is 70.1 cm³/mol. The lowest BCUT2D eigenvalue weighted by atomic mass is 10.1. The van der Waals surface area contributed by atoms with Gasteiger partial charge in [0.15, 0.2) is 0 Å². The zero-order chi connectivity index (χ0) is 13.4. The summed E-state index contributed by atoms with van der Waals surface area (Å²) >= 11 is 0. The van der Waals surface area contributed by atoms with Gasteiger partial charge in [-0.15, -0.1) is 0 Å². The summed E-state index contributed by atoms with van der Waals surface area (Å²) in [4.78, 5) is 0. The molecule has 4 heteroatoms. The topological polar surface area (TPSA) is 30.5 Å². The molecule has 1 aromatic rings. The average molecular weight is 255 g/mol. The maximum absolute atomic E-state index is 13.6. The molecule has 0 radical (unpaired) electrons. The Bertz CT molecular complexity index is 346. The van der Waals surface area contributed by atoms with Crippen LogP contribution in [0.2, 0.25) is 0 Å². The smallest absolute Gasteiger partial charge is 0.128 e. The summed E-state index contributed by atoms with van der Waals surface area (Å²) < 4.78 is 24.6. The molecule has 1 aromatic carbocycles. The van der Waals surface area contributed by atoms with Gasteiger partial charge in [0.05, 0.1) is 25.4 Å². The molecule has 102 valence electrons. The highest BCUT2D eigenvalue weighted by atomic mass is 19.1. The normalized spacial score (nSPS) is 14.4. The van der Waals surface area contributed by atoms with Crippen LogP contribution in [0.1, 0.15) is 25.5 Å². The maximum atomic E-state index is 13.6. The molecule has 0 saturated heterocycles. The summed E-state index contributed by atoms with van der Waals surface area (Å²) in [6.45, 7) is 5.55. The molecule has 2 atom stereocenters. The Balaban J connectivity index is 2.50. The molecule has 3 nitrogen and oxygen atoms in total. The van der Waals surface area contributed by atoms with Gasteiger partial charge in [0, 0.05) is 12.2 Å². The molecule has 0 saturated carbocycles. The highest BCUT2D eigenvalue weighted by molar-refractivity contribution is 5.21. The van der Waals surface area contributed by atoms with E-state index in [0.717, 1.165) is 0 Å². The fraction of sp³-hybridized carbons (Fsp3) is 0.571. The molecule has 0 aliphatic carbocycles. The van der Waals surface area contributed by atoms with Crippen molar-refractivity contribution in [3.8, 4) is 0 Å². The SMILES string of the molecule is CCOCC(C)OCC(NC)c1ccccc1F. The third-order valence-electron chi connectivity index (χ3n) is 2.73. The molecule has 1 N–H and O–H groups in total. The Morgan fingerprint density at radius 1 is 1.28 bits per heavy atom. The van der Waals surface area contributed by atoms with Crippen molar-refractivity contribution in [3.63, 3.8) is 0 Å². The number of ether oxygens (including phenoxy) is 2. The second-order valence-corrected chi connectivity index (χ2v) is 4.17. The lowest BCUT2D eigenvalue weighted by Gasteiger charge is -2.20. The number of hydrogen-bond acceptors (Lipinski definition) is 3. The first-order chi connectivity index (χ1) is 8.69. The zero-order valence-electron chi connectivity index (χ0n) is 11.3. The van der Waals surface area contributed by atoms with Crippen LogP contribution in [0.5, 0.6) is 0 Å². The van der Waals surface area contributed by atoms with Crippen LogP contribution < -0.4 is 5.32 Å². The van der Waals surface area contributed by atoms with Crippen LogP contribution in [0.25, 0.3) is 0 Å². The van der Waals surface area contributed by atoms with Gasteiger partial charge in [0.2, 0.25) is 0 Å². The summed E-state index contributed by atoms with van der Waals surface area (Å²) in [7, 11) is 1.80. The average Bonchev–Trinajstić information content (AvgIpc) is 2.39. The monoisotopic (exact) mass is 255 g/mol. The Morgan fingerprint density at radius 2 is 2.00 bits per heavy atom. The standard InChI is InChI=1S/C14H22FNO2/c1-4-17-9-11(2)18-10-14(16-3)12-7-5-6-8-13(12)15/h5-8,11,14,16H,4,9-10H2,1-3H3. The van der Waals surface area contributed by atoms with Gasteiger partial charge in [-0.3, -0.25) is 0 Å². The van der Waals surface area contributed by atoms with Crippen LogP contribution in [-0.2, 0) is 9.47 Å². The van der Waals surface area contributed by atoms with E-state index in [4.69, 9.17) is 9.47 Å². The minimum atomic E-state index is -0.210. The number of rotatable bonds is 8. The van der Waals surface area contributed by atoms with Gasteiger partial charge in [-0.2, -0.15) is 0 Å². The summed E-state index contributed by atoms with van der Waals surface area (Å²) in [5.74, 6) is -0.210. The van der Waals surface area contributed by atoms with E-state index in [-0.39, 0.29) is 18.0 Å². The molecule has 0 aliphatic rings. The third-order valence-corrected chi connectivity index (χ3v) is 2.73. The van der Waals surface area contributed by atoms with Gasteiger partial charge >= 0.3 is 0 Å². The number of likely N-dealkylation sites (N-methyl/N-ethyl adjacent to an activating group) is 1. The van der Waals surface area contributed by atoms with Crippen molar-refractivity contribution >= 4 is 0 Å². The molecule has 0 fully saturated rings. The van der Waals surface area contributed by atoms with E-state index in [2.05, 4.69) is 5.32 Å². The van der Waals surface area contributed by atoms with Crippen molar-refractivity contribution in [1.82, 2.24) is 5.32 Å². The molecule has 0 amide bonds. The second-order valence-electron chi connectivity index (χ2n) is 4.17. The lowest BCUT2D eigenvalue weighted by molar-refractivity contribution is -0.0113. The first-order valence-corrected chi connectivity index (χ1v) is 6.30. The Morgan fingerprint density at radius 3 is 2.61 bits per heavy atom. The van der Waals surface area contributed by atoms with Crippen molar-refractivity contribution in [1.29, 1.82) is 0 Å². The molecule has 0 aliphatic heterocycles. The van der Waals surface area contributed by atoms with Crippen molar-refractivity contribution in [2.24, 2.45) is 0 Å². The molecule has 0 bridgehead atoms. The number of benzene rings is 1. The van der Waals surface area contributed by atoms with Gasteiger partial charge in [-0.25, -0.2) is 4.39 Å². The molecular formula is C14H22FNO2. The maximum Gasteiger partial charge on any atom is 0.128 e. The summed E-state index contributed by atoms with van der Waals surface area (Å²) in [5.41, 5.74) is 0.628. The van der Waals surface area contributed by atoms with Gasteiger partial charge in [-0.05, 0) is 27.0 Å². The molecule has 0 aromatic heterocycles. The Hall–Kier alpha value is -0.970. The summed E-state index contributed by atoms with van der Waals surface area (Å²) in [6.07, 6.45) is 0.00701. The molecule has 0 heterocycles. The summed E-state index contributed by atoms with van der Waals surface area (Å²) in [6, 6.07) is 6.60. The van der Waals surface area contributed by atoms with Gasteiger partial charge < -0.3 is 14.8 Å². The van der Waals surface area contributed by atoms with Crippen LogP contribution >= 0.6 is 0 Å². The highest BCUT2D eigenvalue weighted by Gasteiger charge is 2.15. The zero-order valence-corrected chi connectivity index (χ0v) is 11.3. The van der Waals surface area contributed by atoms with Crippen LogP contribution in [0.4, 0.5) is 4.39 Å². The molecule has 18 heavy (non-hydrogen) atoms. The third kappa shape index (κ3) is 4.72. The van der Waals surface area contributed by atoms with Gasteiger partial charge in [-0.1, -0.05) is 18.2 Å². The number of halogens is 1. The van der Waals surface area contributed by atoms with Crippen LogP contribution in [0.3, 0.4) is 0 Å². The van der Waals surface area contributed by atoms with Crippen molar-refractivity contribution in [3.05, 3.63) is 35.6 Å². The van der Waals surface area contributed by atoms with Crippen molar-refractivity contribution < 1.29 is 13.9 Å². The minimum Gasteiger partial charge on any atom is -0.379 e. The van der Waals surface area contributed by atoms with Crippen LogP contribution in [0.15, 0.2) is 24.3 Å². The number of hydrogen-bond donors (Lipinski definition) is 1. The van der Waals surface area contributed by atoms with Gasteiger partial charge in [0.25, 0.3) is 0 Å². The Kier molecular flexibility index (Phi) is 6.86. The fourth-order valence-electron chi connectivity index (χ4n) is 1.68. The van der Waals surface area contributed by atoms with Crippen LogP contribution in [-0.4, -0.2) is 33.0 Å². The number of nitrogens with one attached hydrogen (secondary N) is 1. The van der Waals surface area contributed by atoms with Crippen LogP contribution in [0, 0.1) is 5.82 Å². The van der Waals surface area contributed by atoms with E-state index in [1.807, 2.05) is 19.9 Å². The quantitative estimate of drug-likeness (QED) is 0.774. The van der Waals surface area contributed by atoms with Gasteiger partial charge in [0.1, 0.15) is 5.82 Å². The van der Waals surface area contributed by atoms with Crippen molar-refractivity contribution in [2.45, 2.75) is 26.0 Å². The van der Waals surface area contributed by atoms with E-state index in [1.165, 1.54) is 6.07 Å². The first-order valence-electron chi connectivity index (χ1n) is 6.30. The second kappa shape index (κ2) is 8.19. The van der Waals surface area contributed by atoms with Crippen molar-refractivity contribution in [2.75, 3.05) is 26.9 Å². The summed E-state index contributed by atoms with van der Waals surface area (Å²) in [5, 5.41) is 3.06. The van der Waals surface area contributed by atoms with E-state index >= 15 is 0 Å². The van der Waals surface area contributed by atoms with E-state index in [9.17, 15) is 4.39 Å². The largest absolute Gasteiger partial charge is 0.379 e. The van der Waals surface area contributed by atoms with E-state index < -0.39 is 0 Å². The Labute approximate surface area is 108 Å². The fourth-order valence-corrected chi connectivity index (χ4v) is 1.68. The predicted octanol–water partition coefficient (Wildman–Crippen LogP) is 2.53. The lowest BCUT2D eigenvalue weighted by Crippen LogP contribution is -2.26. The molecule has 1 rings (SSSR count). The highest BCUT2D eigenvalue weighted by Crippen LogP contribution is 2.17. The molecular weight excluding hydrogens is 233 g/mol. The molecule has 2 unspecified atom stereocenters. The minimum absolute atomic E-state index is 0.00701. The molecule has 0 spiro atoms. The van der Waals surface area contributed by atoms with E-state index in [1.54, 1.807) is 19.2 Å². The van der Waals surface area contributed by atoms with E-state index in [0.29, 0.717) is 25.4 Å².